The van der Waals surface area contributed by atoms with E-state index in [1.807, 2.05) is 27.2 Å². The summed E-state index contributed by atoms with van der Waals surface area (Å²) in [5.74, 6) is -0.191. The van der Waals surface area contributed by atoms with Crippen LogP contribution >= 0.6 is 7.82 Å². The van der Waals surface area contributed by atoms with Crippen LogP contribution in [0.3, 0.4) is 0 Å². The first-order valence-corrected chi connectivity index (χ1v) is 35.5. The van der Waals surface area contributed by atoms with Gasteiger partial charge in [-0.3, -0.25) is 9.36 Å². The number of aliphatic hydroxyl groups excluding tert-OH is 1. The molecule has 0 aliphatic carbocycles. The molecule has 0 rings (SSSR count). The van der Waals surface area contributed by atoms with Crippen molar-refractivity contribution in [3.63, 3.8) is 0 Å². The van der Waals surface area contributed by atoms with E-state index >= 15 is 0 Å². The van der Waals surface area contributed by atoms with Gasteiger partial charge in [0.2, 0.25) is 5.91 Å². The number of likely N-dealkylation sites (N-methyl/N-ethyl adjacent to an activating group) is 1. The third-order valence-electron chi connectivity index (χ3n) is 15.5. The van der Waals surface area contributed by atoms with Crippen LogP contribution in [0.15, 0.2) is 48.6 Å². The quantitative estimate of drug-likeness (QED) is 0.0272. The summed E-state index contributed by atoms with van der Waals surface area (Å²) in [6.07, 6.45) is 80.8. The van der Waals surface area contributed by atoms with Crippen molar-refractivity contribution in [2.24, 2.45) is 0 Å². The van der Waals surface area contributed by atoms with Gasteiger partial charge >= 0.3 is 0 Å². The summed E-state index contributed by atoms with van der Waals surface area (Å²) in [6, 6.07) is -0.886. The van der Waals surface area contributed by atoms with Crippen molar-refractivity contribution in [2.45, 2.75) is 347 Å². The van der Waals surface area contributed by atoms with Crippen molar-refractivity contribution < 1.29 is 32.9 Å². The number of carbonyl (C=O) groups is 1. The summed E-state index contributed by atoms with van der Waals surface area (Å²) in [7, 11) is 1.27. The number of quaternary nitrogens is 1. The Balaban J connectivity index is 3.97. The minimum atomic E-state index is -4.60. The molecule has 0 heterocycles. The highest BCUT2D eigenvalue weighted by atomic mass is 31.2. The standard InChI is InChI=1S/C69H133N2O6P/c1-6-8-10-12-14-16-18-20-22-24-26-27-28-29-30-31-32-33-34-35-36-37-38-39-40-41-42-43-45-47-49-51-53-55-57-59-61-63-69(73)70-67(66-77-78(74,75)76-65-64-71(3,4)5)68(72)62-60-58-56-54-52-50-48-46-44-25-23-21-19-17-15-13-11-9-7-2/h18,20,24,26,28-29,60,62,67-68,72H,6-17,19,21-23,25,27,30-59,61,63-66H2,1-5H3,(H-,70,73,74,75)/b20-18-,26-24-,29-28-,62-60+. The summed E-state index contributed by atoms with van der Waals surface area (Å²) < 4.78 is 23.4. The number of nitrogens with one attached hydrogen (secondary N) is 1. The smallest absolute Gasteiger partial charge is 0.268 e. The highest BCUT2D eigenvalue weighted by molar-refractivity contribution is 7.45. The monoisotopic (exact) mass is 1120 g/mol. The SMILES string of the molecule is CCCCCCC/C=C\C/C=C\C/C=C\CCCCCCCCCCCCCCCCCCCCCCCCC(=O)NC(COP(=O)([O-])OCC[N+](C)(C)C)C(O)/C=C/CCCCCCCCCCCCCCCCCCC. The van der Waals surface area contributed by atoms with Crippen LogP contribution in [0.2, 0.25) is 0 Å². The molecule has 0 spiro atoms. The molecule has 0 aromatic heterocycles. The molecular weight excluding hydrogens is 984 g/mol. The van der Waals surface area contributed by atoms with Gasteiger partial charge in [0.15, 0.2) is 0 Å². The lowest BCUT2D eigenvalue weighted by molar-refractivity contribution is -0.870. The predicted octanol–water partition coefficient (Wildman–Crippen LogP) is 20.8. The molecular formula is C69H133N2O6P. The molecule has 0 saturated carbocycles. The van der Waals surface area contributed by atoms with Gasteiger partial charge in [0, 0.05) is 6.42 Å². The lowest BCUT2D eigenvalue weighted by Gasteiger charge is -2.29. The number of hydrogen-bond acceptors (Lipinski definition) is 6. The zero-order valence-electron chi connectivity index (χ0n) is 52.6. The second-order valence-corrected chi connectivity index (χ2v) is 25.9. The Morgan fingerprint density at radius 3 is 1.08 bits per heavy atom. The van der Waals surface area contributed by atoms with Gasteiger partial charge < -0.3 is 28.8 Å². The molecule has 0 aromatic carbocycles. The maximum Gasteiger partial charge on any atom is 0.268 e. The van der Waals surface area contributed by atoms with E-state index in [-0.39, 0.29) is 19.1 Å². The van der Waals surface area contributed by atoms with Gasteiger partial charge in [-0.2, -0.15) is 0 Å². The first kappa shape index (κ1) is 76.5. The van der Waals surface area contributed by atoms with Gasteiger partial charge in [-0.15, -0.1) is 0 Å². The molecule has 3 atom stereocenters. The molecule has 0 bridgehead atoms. The lowest BCUT2D eigenvalue weighted by Crippen LogP contribution is -2.45. The van der Waals surface area contributed by atoms with Crippen molar-refractivity contribution in [2.75, 3.05) is 40.9 Å². The van der Waals surface area contributed by atoms with Crippen LogP contribution < -0.4 is 10.2 Å². The number of unbranched alkanes of at least 4 members (excludes halogenated alkanes) is 44. The number of allylic oxidation sites excluding steroid dienone is 7. The molecule has 0 aliphatic rings. The Hall–Kier alpha value is -1.54. The molecule has 78 heavy (non-hydrogen) atoms. The largest absolute Gasteiger partial charge is 0.756 e. The number of carbonyl (C=O) groups excluding carboxylic acids is 1. The number of phosphoric acid groups is 1. The second kappa shape index (κ2) is 60.1. The minimum absolute atomic E-state index is 0.000582. The average molecular weight is 1120 g/mol. The minimum Gasteiger partial charge on any atom is -0.756 e. The van der Waals surface area contributed by atoms with Crippen LogP contribution in [0.5, 0.6) is 0 Å². The molecule has 8 nitrogen and oxygen atoms in total. The number of phosphoric ester groups is 1. The fourth-order valence-corrected chi connectivity index (χ4v) is 10.9. The van der Waals surface area contributed by atoms with Gasteiger partial charge in [0.25, 0.3) is 7.82 Å². The van der Waals surface area contributed by atoms with Crippen molar-refractivity contribution in [3.8, 4) is 0 Å². The van der Waals surface area contributed by atoms with E-state index in [0.717, 1.165) is 51.4 Å². The van der Waals surface area contributed by atoms with Gasteiger partial charge in [-0.05, 0) is 57.8 Å². The van der Waals surface area contributed by atoms with Crippen LogP contribution in [-0.2, 0) is 18.4 Å². The first-order valence-electron chi connectivity index (χ1n) is 34.0. The van der Waals surface area contributed by atoms with Gasteiger partial charge in [-0.1, -0.05) is 319 Å². The summed E-state index contributed by atoms with van der Waals surface area (Å²) in [4.78, 5) is 25.6. The maximum absolute atomic E-state index is 13.0. The van der Waals surface area contributed by atoms with Crippen molar-refractivity contribution in [1.29, 1.82) is 0 Å². The lowest BCUT2D eigenvalue weighted by atomic mass is 10.0. The fourth-order valence-electron chi connectivity index (χ4n) is 10.2. The summed E-state index contributed by atoms with van der Waals surface area (Å²) in [6.45, 7) is 4.68. The normalized spacial score (nSPS) is 14.0. The molecule has 3 unspecified atom stereocenters. The number of amides is 1. The number of hydrogen-bond donors (Lipinski definition) is 2. The Morgan fingerprint density at radius 2 is 0.744 bits per heavy atom. The first-order chi connectivity index (χ1) is 38.0. The molecule has 0 saturated heterocycles. The predicted molar refractivity (Wildman–Crippen MR) is 339 cm³/mol. The maximum atomic E-state index is 13.0. The Morgan fingerprint density at radius 1 is 0.449 bits per heavy atom. The number of nitrogens with zero attached hydrogens (tertiary/aromatic N) is 1. The van der Waals surface area contributed by atoms with Crippen molar-refractivity contribution in [1.82, 2.24) is 5.32 Å². The van der Waals surface area contributed by atoms with E-state index in [0.29, 0.717) is 17.4 Å². The fraction of sp³-hybridized carbons (Fsp3) is 0.870. The second-order valence-electron chi connectivity index (χ2n) is 24.5. The molecule has 0 fully saturated rings. The summed E-state index contributed by atoms with van der Waals surface area (Å²) in [5.41, 5.74) is 0. The molecule has 9 heteroatoms. The molecule has 0 aliphatic heterocycles. The highest BCUT2D eigenvalue weighted by Gasteiger charge is 2.23. The summed E-state index contributed by atoms with van der Waals surface area (Å²) in [5, 5.41) is 13.9. The number of rotatable bonds is 63. The zero-order chi connectivity index (χ0) is 57.0. The molecule has 2 N–H and O–H groups in total. The Bertz CT molecular complexity index is 1410. The van der Waals surface area contributed by atoms with Crippen molar-refractivity contribution >= 4 is 13.7 Å². The molecule has 1 amide bonds. The van der Waals surface area contributed by atoms with E-state index in [1.165, 1.54) is 263 Å². The van der Waals surface area contributed by atoms with E-state index < -0.39 is 20.0 Å². The van der Waals surface area contributed by atoms with Crippen LogP contribution in [0, 0.1) is 0 Å². The van der Waals surface area contributed by atoms with Crippen LogP contribution in [-0.4, -0.2) is 68.5 Å². The van der Waals surface area contributed by atoms with E-state index in [1.54, 1.807) is 6.08 Å². The topological polar surface area (TPSA) is 108 Å². The van der Waals surface area contributed by atoms with Crippen molar-refractivity contribution in [3.05, 3.63) is 48.6 Å². The molecule has 460 valence electrons. The third-order valence-corrected chi connectivity index (χ3v) is 16.5. The number of aliphatic hydroxyl groups is 1. The highest BCUT2D eigenvalue weighted by Crippen LogP contribution is 2.38. The molecule has 0 radical (unpaired) electrons. The Labute approximate surface area is 486 Å². The van der Waals surface area contributed by atoms with E-state index in [4.69, 9.17) is 9.05 Å². The van der Waals surface area contributed by atoms with Gasteiger partial charge in [0.05, 0.1) is 39.9 Å². The average Bonchev–Trinajstić information content (AvgIpc) is 3.41. The molecule has 0 aromatic rings. The van der Waals surface area contributed by atoms with E-state index in [2.05, 4.69) is 55.6 Å². The van der Waals surface area contributed by atoms with Crippen LogP contribution in [0.4, 0.5) is 0 Å². The van der Waals surface area contributed by atoms with Gasteiger partial charge in [-0.25, -0.2) is 0 Å². The Kier molecular flexibility index (Phi) is 58.9. The summed E-state index contributed by atoms with van der Waals surface area (Å²) >= 11 is 0. The van der Waals surface area contributed by atoms with Gasteiger partial charge in [0.1, 0.15) is 13.2 Å². The zero-order valence-corrected chi connectivity index (χ0v) is 53.5. The van der Waals surface area contributed by atoms with E-state index in [9.17, 15) is 19.4 Å². The third kappa shape index (κ3) is 62.1. The van der Waals surface area contributed by atoms with Crippen LogP contribution in [0.25, 0.3) is 0 Å². The van der Waals surface area contributed by atoms with Crippen LogP contribution in [0.1, 0.15) is 335 Å².